The SMILES string of the molecule is COc1ccc2c(c1)CCCC2CC(=O)NCc1nc2ccccc2n1C. The smallest absolute Gasteiger partial charge is 0.220 e. The molecule has 140 valence electrons. The summed E-state index contributed by atoms with van der Waals surface area (Å²) in [7, 11) is 3.68. The van der Waals surface area contributed by atoms with Crippen LogP contribution in [0.5, 0.6) is 5.75 Å². The fourth-order valence-electron chi connectivity index (χ4n) is 4.06. The van der Waals surface area contributed by atoms with Crippen LogP contribution in [0.3, 0.4) is 0 Å². The average molecular weight is 363 g/mol. The van der Waals surface area contributed by atoms with Crippen LogP contribution in [0, 0.1) is 0 Å². The highest BCUT2D eigenvalue weighted by Gasteiger charge is 2.23. The summed E-state index contributed by atoms with van der Waals surface area (Å²) in [6, 6.07) is 14.2. The Balaban J connectivity index is 1.42. The molecule has 3 aromatic rings. The first-order chi connectivity index (χ1) is 13.2. The zero-order valence-corrected chi connectivity index (χ0v) is 15.9. The van der Waals surface area contributed by atoms with E-state index in [2.05, 4.69) is 22.4 Å². The van der Waals surface area contributed by atoms with Gasteiger partial charge in [-0.15, -0.1) is 0 Å². The lowest BCUT2D eigenvalue weighted by Crippen LogP contribution is -2.27. The fraction of sp³-hybridized carbons (Fsp3) is 0.364. The molecule has 1 aliphatic rings. The first kappa shape index (κ1) is 17.6. The van der Waals surface area contributed by atoms with Crippen molar-refractivity contribution in [2.45, 2.75) is 38.1 Å². The van der Waals surface area contributed by atoms with E-state index < -0.39 is 0 Å². The predicted molar refractivity (Wildman–Crippen MR) is 106 cm³/mol. The molecule has 0 radical (unpaired) electrons. The molecule has 5 nitrogen and oxygen atoms in total. The van der Waals surface area contributed by atoms with E-state index in [4.69, 9.17) is 4.74 Å². The molecule has 0 aliphatic heterocycles. The van der Waals surface area contributed by atoms with Crippen molar-refractivity contribution in [3.05, 3.63) is 59.4 Å². The van der Waals surface area contributed by atoms with Crippen LogP contribution in [-0.4, -0.2) is 22.6 Å². The summed E-state index contributed by atoms with van der Waals surface area (Å²) in [5, 5.41) is 3.05. The van der Waals surface area contributed by atoms with Crippen LogP contribution < -0.4 is 10.1 Å². The van der Waals surface area contributed by atoms with E-state index in [1.54, 1.807) is 7.11 Å². The molecule has 1 amide bonds. The lowest BCUT2D eigenvalue weighted by molar-refractivity contribution is -0.121. The molecule has 1 N–H and O–H groups in total. The standard InChI is InChI=1S/C22H25N3O2/c1-25-20-9-4-3-8-19(20)24-21(25)14-23-22(26)13-16-7-5-6-15-12-17(27-2)10-11-18(15)16/h3-4,8-12,16H,5-7,13-14H2,1-2H3,(H,23,26). The summed E-state index contributed by atoms with van der Waals surface area (Å²) < 4.78 is 7.37. The summed E-state index contributed by atoms with van der Waals surface area (Å²) in [5.41, 5.74) is 4.64. The normalized spacial score (nSPS) is 16.1. The lowest BCUT2D eigenvalue weighted by Gasteiger charge is -2.25. The highest BCUT2D eigenvalue weighted by atomic mass is 16.5. The molecular formula is C22H25N3O2. The van der Waals surface area contributed by atoms with Crippen LogP contribution in [0.4, 0.5) is 0 Å². The second-order valence-electron chi connectivity index (χ2n) is 7.21. The van der Waals surface area contributed by atoms with Gasteiger partial charge in [-0.1, -0.05) is 18.2 Å². The Bertz CT molecular complexity index is 977. The van der Waals surface area contributed by atoms with Gasteiger partial charge in [0.15, 0.2) is 0 Å². The van der Waals surface area contributed by atoms with Gasteiger partial charge in [0.05, 0.1) is 24.7 Å². The highest BCUT2D eigenvalue weighted by Crippen LogP contribution is 2.35. The maximum Gasteiger partial charge on any atom is 0.220 e. The lowest BCUT2D eigenvalue weighted by atomic mass is 9.81. The van der Waals surface area contributed by atoms with Crippen LogP contribution in [-0.2, 0) is 24.8 Å². The van der Waals surface area contributed by atoms with E-state index in [0.29, 0.717) is 13.0 Å². The van der Waals surface area contributed by atoms with Gasteiger partial charge in [0.2, 0.25) is 5.91 Å². The molecule has 1 heterocycles. The molecule has 4 rings (SSSR count). The number of imidazole rings is 1. The number of aromatic nitrogens is 2. The quantitative estimate of drug-likeness (QED) is 0.752. The van der Waals surface area contributed by atoms with Gasteiger partial charge >= 0.3 is 0 Å². The predicted octanol–water partition coefficient (Wildman–Crippen LogP) is 3.71. The topological polar surface area (TPSA) is 56.1 Å². The Morgan fingerprint density at radius 3 is 2.96 bits per heavy atom. The second-order valence-corrected chi connectivity index (χ2v) is 7.21. The number of nitrogens with one attached hydrogen (secondary N) is 1. The molecule has 1 atom stereocenters. The third-order valence-corrected chi connectivity index (χ3v) is 5.54. The molecule has 27 heavy (non-hydrogen) atoms. The van der Waals surface area contributed by atoms with Gasteiger partial charge in [0, 0.05) is 13.5 Å². The van der Waals surface area contributed by atoms with E-state index in [0.717, 1.165) is 41.9 Å². The molecule has 1 unspecified atom stereocenters. The molecule has 0 bridgehead atoms. The highest BCUT2D eigenvalue weighted by molar-refractivity contribution is 5.78. The minimum Gasteiger partial charge on any atom is -0.497 e. The van der Waals surface area contributed by atoms with Crippen molar-refractivity contribution >= 4 is 16.9 Å². The number of hydrogen-bond acceptors (Lipinski definition) is 3. The second kappa shape index (κ2) is 7.43. The number of carbonyl (C=O) groups is 1. The molecule has 1 aromatic heterocycles. The van der Waals surface area contributed by atoms with Crippen molar-refractivity contribution in [1.82, 2.24) is 14.9 Å². The number of para-hydroxylation sites is 2. The van der Waals surface area contributed by atoms with Crippen molar-refractivity contribution in [1.29, 1.82) is 0 Å². The van der Waals surface area contributed by atoms with Crippen molar-refractivity contribution in [2.75, 3.05) is 7.11 Å². The van der Waals surface area contributed by atoms with Gasteiger partial charge in [0.1, 0.15) is 11.6 Å². The number of ether oxygens (including phenoxy) is 1. The summed E-state index contributed by atoms with van der Waals surface area (Å²) in [6.45, 7) is 0.451. The van der Waals surface area contributed by atoms with Gasteiger partial charge in [0.25, 0.3) is 0 Å². The van der Waals surface area contributed by atoms with Crippen LogP contribution in [0.1, 0.15) is 42.1 Å². The minimum absolute atomic E-state index is 0.0794. The fourth-order valence-corrected chi connectivity index (χ4v) is 4.06. The third kappa shape index (κ3) is 3.54. The van der Waals surface area contributed by atoms with E-state index in [1.807, 2.05) is 41.9 Å². The molecule has 0 saturated carbocycles. The van der Waals surface area contributed by atoms with Gasteiger partial charge in [-0.05, 0) is 60.6 Å². The zero-order chi connectivity index (χ0) is 18.8. The average Bonchev–Trinajstić information content (AvgIpc) is 3.02. The molecule has 0 saturated heterocycles. The first-order valence-corrected chi connectivity index (χ1v) is 9.49. The van der Waals surface area contributed by atoms with Crippen LogP contribution in [0.15, 0.2) is 42.5 Å². The Morgan fingerprint density at radius 2 is 2.15 bits per heavy atom. The Kier molecular flexibility index (Phi) is 4.84. The molecule has 2 aromatic carbocycles. The maximum absolute atomic E-state index is 12.6. The number of hydrogen-bond donors (Lipinski definition) is 1. The van der Waals surface area contributed by atoms with Crippen LogP contribution in [0.2, 0.25) is 0 Å². The van der Waals surface area contributed by atoms with E-state index in [9.17, 15) is 4.79 Å². The summed E-state index contributed by atoms with van der Waals surface area (Å²) >= 11 is 0. The van der Waals surface area contributed by atoms with Crippen molar-refractivity contribution in [3.8, 4) is 5.75 Å². The summed E-state index contributed by atoms with van der Waals surface area (Å²) in [4.78, 5) is 17.2. The number of rotatable bonds is 5. The number of benzene rings is 2. The Hall–Kier alpha value is -2.82. The molecule has 0 fully saturated rings. The number of methoxy groups -OCH3 is 1. The molecule has 1 aliphatic carbocycles. The van der Waals surface area contributed by atoms with Crippen LogP contribution in [0.25, 0.3) is 11.0 Å². The Labute approximate surface area is 159 Å². The summed E-state index contributed by atoms with van der Waals surface area (Å²) in [5.74, 6) is 2.12. The Morgan fingerprint density at radius 1 is 1.30 bits per heavy atom. The zero-order valence-electron chi connectivity index (χ0n) is 15.9. The largest absolute Gasteiger partial charge is 0.497 e. The minimum atomic E-state index is 0.0794. The van der Waals surface area contributed by atoms with E-state index in [1.165, 1.54) is 11.1 Å². The molecule has 5 heteroatoms. The number of amides is 1. The van der Waals surface area contributed by atoms with Crippen molar-refractivity contribution in [3.63, 3.8) is 0 Å². The van der Waals surface area contributed by atoms with Crippen molar-refractivity contribution < 1.29 is 9.53 Å². The first-order valence-electron chi connectivity index (χ1n) is 9.49. The van der Waals surface area contributed by atoms with Gasteiger partial charge in [-0.2, -0.15) is 0 Å². The van der Waals surface area contributed by atoms with E-state index >= 15 is 0 Å². The number of fused-ring (bicyclic) bond motifs is 2. The van der Waals surface area contributed by atoms with Gasteiger partial charge in [-0.3, -0.25) is 4.79 Å². The number of aryl methyl sites for hydroxylation is 2. The van der Waals surface area contributed by atoms with E-state index in [-0.39, 0.29) is 11.8 Å². The third-order valence-electron chi connectivity index (χ3n) is 5.54. The summed E-state index contributed by atoms with van der Waals surface area (Å²) in [6.07, 6.45) is 3.75. The molecule has 0 spiro atoms. The number of carbonyl (C=O) groups excluding carboxylic acids is 1. The van der Waals surface area contributed by atoms with Crippen molar-refractivity contribution in [2.24, 2.45) is 7.05 Å². The van der Waals surface area contributed by atoms with Crippen LogP contribution >= 0.6 is 0 Å². The van der Waals surface area contributed by atoms with Gasteiger partial charge in [-0.25, -0.2) is 4.98 Å². The monoisotopic (exact) mass is 363 g/mol. The number of nitrogens with zero attached hydrogens (tertiary/aromatic N) is 2. The van der Waals surface area contributed by atoms with Gasteiger partial charge < -0.3 is 14.6 Å². The molecular weight excluding hydrogens is 338 g/mol. The maximum atomic E-state index is 12.6.